The summed E-state index contributed by atoms with van der Waals surface area (Å²) >= 11 is 0. The molecular weight excluding hydrogens is 256 g/mol. The minimum absolute atomic E-state index is 0.0131. The first kappa shape index (κ1) is 14.2. The van der Waals surface area contributed by atoms with Crippen LogP contribution in [0.5, 0.6) is 0 Å². The van der Waals surface area contributed by atoms with E-state index in [2.05, 4.69) is 25.2 Å². The molecule has 1 aromatic rings. The maximum absolute atomic E-state index is 12.0. The van der Waals surface area contributed by atoms with Crippen molar-refractivity contribution in [2.45, 2.75) is 32.7 Å². The van der Waals surface area contributed by atoms with E-state index < -0.39 is 4.92 Å². The van der Waals surface area contributed by atoms with Gasteiger partial charge in [0.2, 0.25) is 0 Å². The Morgan fingerprint density at radius 1 is 1.35 bits per heavy atom. The number of hydrogen-bond acceptors (Lipinski definition) is 3. The van der Waals surface area contributed by atoms with Gasteiger partial charge in [0.25, 0.3) is 11.6 Å². The van der Waals surface area contributed by atoms with E-state index in [4.69, 9.17) is 0 Å². The fraction of sp³-hybridized carbons (Fsp3) is 0.400. The maximum Gasteiger partial charge on any atom is 0.269 e. The zero-order valence-corrected chi connectivity index (χ0v) is 11.6. The van der Waals surface area contributed by atoms with Crippen molar-refractivity contribution in [2.24, 2.45) is 5.41 Å². The number of amides is 1. The van der Waals surface area contributed by atoms with E-state index in [-0.39, 0.29) is 23.1 Å². The molecule has 1 aliphatic rings. The molecule has 106 valence electrons. The molecule has 1 amide bonds. The van der Waals surface area contributed by atoms with E-state index in [0.29, 0.717) is 5.56 Å². The molecule has 20 heavy (non-hydrogen) atoms. The third-order valence-corrected chi connectivity index (χ3v) is 3.54. The van der Waals surface area contributed by atoms with Gasteiger partial charge in [-0.3, -0.25) is 14.9 Å². The number of non-ortho nitro benzene ring substituents is 1. The summed E-state index contributed by atoms with van der Waals surface area (Å²) < 4.78 is 0. The van der Waals surface area contributed by atoms with E-state index in [1.165, 1.54) is 24.3 Å². The molecular formula is C15H18N2O3. The first-order valence-corrected chi connectivity index (χ1v) is 6.62. The zero-order valence-electron chi connectivity index (χ0n) is 11.6. The lowest BCUT2D eigenvalue weighted by atomic mass is 9.81. The lowest BCUT2D eigenvalue weighted by Gasteiger charge is -2.28. The van der Waals surface area contributed by atoms with Gasteiger partial charge < -0.3 is 5.32 Å². The van der Waals surface area contributed by atoms with E-state index in [1.807, 2.05) is 6.08 Å². The molecule has 1 atom stereocenters. The Labute approximate surface area is 117 Å². The second-order valence-corrected chi connectivity index (χ2v) is 5.77. The maximum atomic E-state index is 12.0. The van der Waals surface area contributed by atoms with Gasteiger partial charge in [0.15, 0.2) is 0 Å². The van der Waals surface area contributed by atoms with E-state index in [0.717, 1.165) is 12.8 Å². The van der Waals surface area contributed by atoms with Crippen molar-refractivity contribution >= 4 is 11.6 Å². The van der Waals surface area contributed by atoms with Crippen molar-refractivity contribution in [3.8, 4) is 0 Å². The van der Waals surface area contributed by atoms with Crippen LogP contribution in [0.3, 0.4) is 0 Å². The molecule has 1 N–H and O–H groups in total. The van der Waals surface area contributed by atoms with Crippen molar-refractivity contribution in [2.75, 3.05) is 0 Å². The van der Waals surface area contributed by atoms with E-state index in [1.54, 1.807) is 0 Å². The number of nitrogens with one attached hydrogen (secondary N) is 1. The fourth-order valence-electron chi connectivity index (χ4n) is 2.19. The Kier molecular flexibility index (Phi) is 3.88. The third kappa shape index (κ3) is 3.44. The Morgan fingerprint density at radius 2 is 2.00 bits per heavy atom. The third-order valence-electron chi connectivity index (χ3n) is 3.54. The minimum Gasteiger partial charge on any atom is -0.346 e. The molecule has 0 heterocycles. The van der Waals surface area contributed by atoms with Gasteiger partial charge in [-0.15, -0.1) is 0 Å². The van der Waals surface area contributed by atoms with Crippen LogP contribution in [0.2, 0.25) is 0 Å². The Bertz CT molecular complexity index is 547. The molecule has 5 nitrogen and oxygen atoms in total. The highest BCUT2D eigenvalue weighted by molar-refractivity contribution is 5.94. The van der Waals surface area contributed by atoms with Crippen LogP contribution in [0.25, 0.3) is 0 Å². The summed E-state index contributed by atoms with van der Waals surface area (Å²) in [5, 5.41) is 13.5. The lowest BCUT2D eigenvalue weighted by Crippen LogP contribution is -2.36. The molecule has 0 spiro atoms. The predicted octanol–water partition coefficient (Wildman–Crippen LogP) is 3.07. The van der Waals surface area contributed by atoms with Crippen LogP contribution in [0.1, 0.15) is 37.0 Å². The number of nitro benzene ring substituents is 1. The minimum atomic E-state index is -0.479. The standard InChI is InChI=1S/C15H18N2O3/c1-15(2)9-7-12(8-10-15)16-14(18)11-3-5-13(6-4-11)17(19)20/h3-7,9,12H,8,10H2,1-2H3,(H,16,18). The first-order valence-electron chi connectivity index (χ1n) is 6.62. The van der Waals surface area contributed by atoms with Crippen molar-refractivity contribution in [3.63, 3.8) is 0 Å². The van der Waals surface area contributed by atoms with Gasteiger partial charge in [0.1, 0.15) is 0 Å². The van der Waals surface area contributed by atoms with Crippen LogP contribution in [0, 0.1) is 15.5 Å². The molecule has 0 aromatic heterocycles. The Morgan fingerprint density at radius 3 is 2.50 bits per heavy atom. The molecule has 1 unspecified atom stereocenters. The monoisotopic (exact) mass is 274 g/mol. The molecule has 2 rings (SSSR count). The largest absolute Gasteiger partial charge is 0.346 e. The summed E-state index contributed by atoms with van der Waals surface area (Å²) in [7, 11) is 0. The number of hydrogen-bond donors (Lipinski definition) is 1. The highest BCUT2D eigenvalue weighted by Crippen LogP contribution is 2.29. The van der Waals surface area contributed by atoms with Gasteiger partial charge in [-0.1, -0.05) is 26.0 Å². The number of nitro groups is 1. The average Bonchev–Trinajstić information content (AvgIpc) is 2.41. The summed E-state index contributed by atoms with van der Waals surface area (Å²) in [5.41, 5.74) is 0.615. The summed E-state index contributed by atoms with van der Waals surface area (Å²) in [4.78, 5) is 22.1. The van der Waals surface area contributed by atoms with Gasteiger partial charge in [0.05, 0.1) is 4.92 Å². The predicted molar refractivity (Wildman–Crippen MR) is 76.5 cm³/mol. The molecule has 0 aliphatic heterocycles. The quantitative estimate of drug-likeness (QED) is 0.523. The summed E-state index contributed by atoms with van der Waals surface area (Å²) in [6.07, 6.45) is 6.07. The molecule has 0 saturated carbocycles. The van der Waals surface area contributed by atoms with Crippen LogP contribution in [0.15, 0.2) is 36.4 Å². The second-order valence-electron chi connectivity index (χ2n) is 5.77. The van der Waals surface area contributed by atoms with Gasteiger partial charge in [-0.2, -0.15) is 0 Å². The zero-order chi connectivity index (χ0) is 14.8. The number of benzene rings is 1. The topological polar surface area (TPSA) is 72.2 Å². The summed E-state index contributed by atoms with van der Waals surface area (Å²) in [6.45, 7) is 4.33. The number of carbonyl (C=O) groups excluding carboxylic acids is 1. The molecule has 1 aliphatic carbocycles. The molecule has 0 bridgehead atoms. The Hall–Kier alpha value is -2.17. The van der Waals surface area contributed by atoms with Crippen molar-refractivity contribution in [1.29, 1.82) is 0 Å². The Balaban J connectivity index is 2.00. The fourth-order valence-corrected chi connectivity index (χ4v) is 2.19. The van der Waals surface area contributed by atoms with Gasteiger partial charge in [-0.05, 0) is 30.4 Å². The van der Waals surface area contributed by atoms with Crippen molar-refractivity contribution < 1.29 is 9.72 Å². The highest BCUT2D eigenvalue weighted by Gasteiger charge is 2.22. The molecule has 0 fully saturated rings. The molecule has 0 saturated heterocycles. The SMILES string of the molecule is CC1(C)C=CC(NC(=O)c2ccc([N+](=O)[O-])cc2)CC1. The normalized spacial score (nSPS) is 20.4. The highest BCUT2D eigenvalue weighted by atomic mass is 16.6. The first-order chi connectivity index (χ1) is 9.37. The number of nitrogens with zero attached hydrogens (tertiary/aromatic N) is 1. The number of rotatable bonds is 3. The van der Waals surface area contributed by atoms with Gasteiger partial charge >= 0.3 is 0 Å². The molecule has 5 heteroatoms. The van der Waals surface area contributed by atoms with E-state index >= 15 is 0 Å². The van der Waals surface area contributed by atoms with Crippen LogP contribution < -0.4 is 5.32 Å². The average molecular weight is 274 g/mol. The van der Waals surface area contributed by atoms with E-state index in [9.17, 15) is 14.9 Å². The summed E-state index contributed by atoms with van der Waals surface area (Å²) in [6, 6.07) is 5.67. The molecule has 1 aromatic carbocycles. The number of carbonyl (C=O) groups is 1. The van der Waals surface area contributed by atoms with Crippen LogP contribution >= 0.6 is 0 Å². The van der Waals surface area contributed by atoms with Crippen molar-refractivity contribution in [3.05, 3.63) is 52.1 Å². The lowest BCUT2D eigenvalue weighted by molar-refractivity contribution is -0.384. The van der Waals surface area contributed by atoms with Gasteiger partial charge in [0, 0.05) is 23.7 Å². The van der Waals surface area contributed by atoms with Gasteiger partial charge in [-0.25, -0.2) is 0 Å². The molecule has 0 radical (unpaired) electrons. The second kappa shape index (κ2) is 5.45. The smallest absolute Gasteiger partial charge is 0.269 e. The van der Waals surface area contributed by atoms with Crippen LogP contribution in [0.4, 0.5) is 5.69 Å². The summed E-state index contributed by atoms with van der Waals surface area (Å²) in [5.74, 6) is -0.200. The van der Waals surface area contributed by atoms with Crippen molar-refractivity contribution in [1.82, 2.24) is 5.32 Å². The number of allylic oxidation sites excluding steroid dienone is 1. The van der Waals surface area contributed by atoms with Crippen LogP contribution in [-0.2, 0) is 0 Å². The van der Waals surface area contributed by atoms with Crippen LogP contribution in [-0.4, -0.2) is 16.9 Å².